The molecule has 0 atom stereocenters. The van der Waals surface area contributed by atoms with Gasteiger partial charge in [0, 0.05) is 11.3 Å². The molecule has 1 aliphatic rings. The van der Waals surface area contributed by atoms with Gasteiger partial charge in [0.15, 0.2) is 16.7 Å². The number of nitrogens with zero attached hydrogens (tertiary/aromatic N) is 2. The Hall–Kier alpha value is -2.61. The van der Waals surface area contributed by atoms with Crippen LogP contribution in [0.3, 0.4) is 0 Å². The summed E-state index contributed by atoms with van der Waals surface area (Å²) in [4.78, 5) is 4.62. The van der Waals surface area contributed by atoms with E-state index in [1.807, 2.05) is 32.0 Å². The second-order valence-corrected chi connectivity index (χ2v) is 6.80. The molecule has 0 saturated heterocycles. The van der Waals surface area contributed by atoms with Crippen LogP contribution in [0.2, 0.25) is 0 Å². The number of benzene rings is 2. The lowest BCUT2D eigenvalue weighted by Crippen LogP contribution is -2.25. The van der Waals surface area contributed by atoms with Gasteiger partial charge < -0.3 is 9.47 Å². The molecule has 1 N–H and O–H groups in total. The summed E-state index contributed by atoms with van der Waals surface area (Å²) in [6, 6.07) is 10.7. The third-order valence-corrected chi connectivity index (χ3v) is 5.02. The number of nitrogens with one attached hydrogen (secondary N) is 1. The molecular weight excluding hydrogens is 372 g/mol. The van der Waals surface area contributed by atoms with Crippen LogP contribution in [0.4, 0.5) is 14.5 Å². The monoisotopic (exact) mass is 391 g/mol. The molecule has 0 fully saturated rings. The Morgan fingerprint density at radius 3 is 2.67 bits per heavy atom. The van der Waals surface area contributed by atoms with E-state index >= 15 is 0 Å². The zero-order chi connectivity index (χ0) is 19.4. The normalized spacial score (nSPS) is 15.5. The van der Waals surface area contributed by atoms with E-state index in [1.54, 1.807) is 12.1 Å². The molecule has 1 heterocycles. The van der Waals surface area contributed by atoms with Crippen LogP contribution in [0.1, 0.15) is 16.7 Å². The van der Waals surface area contributed by atoms with Crippen molar-refractivity contribution in [2.75, 3.05) is 12.9 Å². The third-order valence-electron chi connectivity index (χ3n) is 4.14. The van der Waals surface area contributed by atoms with Crippen LogP contribution in [0.5, 0.6) is 11.5 Å². The number of aliphatic imine (C=N–C) groups is 1. The lowest BCUT2D eigenvalue weighted by molar-refractivity contribution is -0.0512. The third kappa shape index (κ3) is 4.57. The van der Waals surface area contributed by atoms with Crippen molar-refractivity contribution in [2.45, 2.75) is 20.5 Å². The molecule has 0 aromatic heterocycles. The van der Waals surface area contributed by atoms with E-state index in [-0.39, 0.29) is 11.5 Å². The van der Waals surface area contributed by atoms with E-state index in [0.29, 0.717) is 10.9 Å². The predicted molar refractivity (Wildman–Crippen MR) is 105 cm³/mol. The lowest BCUT2D eigenvalue weighted by atomic mass is 10.1. The van der Waals surface area contributed by atoms with Crippen molar-refractivity contribution in [2.24, 2.45) is 10.1 Å². The summed E-state index contributed by atoms with van der Waals surface area (Å²) in [7, 11) is 1.40. The van der Waals surface area contributed by atoms with Crippen molar-refractivity contribution in [3.8, 4) is 11.5 Å². The fourth-order valence-electron chi connectivity index (χ4n) is 2.53. The zero-order valence-corrected chi connectivity index (χ0v) is 15.9. The highest BCUT2D eigenvalue weighted by Gasteiger charge is 2.17. The summed E-state index contributed by atoms with van der Waals surface area (Å²) in [6.45, 7) is 1.18. The van der Waals surface area contributed by atoms with E-state index in [0.717, 1.165) is 22.5 Å². The molecule has 0 amide bonds. The van der Waals surface area contributed by atoms with Gasteiger partial charge in [0.25, 0.3) is 0 Å². The average molecular weight is 391 g/mol. The molecule has 0 unspecified atom stereocenters. The quantitative estimate of drug-likeness (QED) is 0.807. The van der Waals surface area contributed by atoms with Gasteiger partial charge in [0.1, 0.15) is 0 Å². The summed E-state index contributed by atoms with van der Waals surface area (Å²) in [5, 5.41) is 5.07. The van der Waals surface area contributed by atoms with E-state index in [9.17, 15) is 8.78 Å². The molecule has 5 nitrogen and oxygen atoms in total. The minimum Gasteiger partial charge on any atom is -0.493 e. The molecule has 142 valence electrons. The first-order valence-electron chi connectivity index (χ1n) is 8.21. The fraction of sp³-hybridized carbons (Fsp3) is 0.263. The number of aryl methyl sites for hydroxylation is 1. The maximum Gasteiger partial charge on any atom is 0.387 e. The van der Waals surface area contributed by atoms with Gasteiger partial charge in [0.2, 0.25) is 0 Å². The highest BCUT2D eigenvalue weighted by molar-refractivity contribution is 8.14. The van der Waals surface area contributed by atoms with Crippen LogP contribution in [0, 0.1) is 13.8 Å². The minimum absolute atomic E-state index is 0.00885. The van der Waals surface area contributed by atoms with Gasteiger partial charge in [-0.3, -0.25) is 5.43 Å². The molecule has 2 aromatic carbocycles. The van der Waals surface area contributed by atoms with Crippen molar-refractivity contribution in [1.29, 1.82) is 0 Å². The number of amidine groups is 1. The Bertz CT molecular complexity index is 901. The first kappa shape index (κ1) is 19.2. The highest BCUT2D eigenvalue weighted by Crippen LogP contribution is 2.31. The van der Waals surface area contributed by atoms with Gasteiger partial charge in [-0.25, -0.2) is 4.99 Å². The van der Waals surface area contributed by atoms with Crippen LogP contribution < -0.4 is 14.9 Å². The molecule has 0 saturated carbocycles. The van der Waals surface area contributed by atoms with Crippen molar-refractivity contribution in [3.05, 3.63) is 53.1 Å². The Morgan fingerprint density at radius 2 is 2.00 bits per heavy atom. The van der Waals surface area contributed by atoms with E-state index in [1.165, 1.54) is 30.5 Å². The van der Waals surface area contributed by atoms with Gasteiger partial charge in [-0.05, 0) is 49.2 Å². The number of halogens is 2. The number of hydrogen-bond acceptors (Lipinski definition) is 5. The molecule has 2 aromatic rings. The van der Waals surface area contributed by atoms with Crippen molar-refractivity contribution >= 4 is 28.3 Å². The summed E-state index contributed by atoms with van der Waals surface area (Å²) in [5.74, 6) is 0.815. The van der Waals surface area contributed by atoms with Crippen LogP contribution in [0.15, 0.2) is 46.5 Å². The number of methoxy groups -OCH3 is 1. The van der Waals surface area contributed by atoms with Crippen LogP contribution in [-0.2, 0) is 0 Å². The van der Waals surface area contributed by atoms with E-state index in [4.69, 9.17) is 4.74 Å². The molecule has 0 bridgehead atoms. The molecule has 27 heavy (non-hydrogen) atoms. The van der Waals surface area contributed by atoms with Crippen molar-refractivity contribution in [3.63, 3.8) is 0 Å². The highest BCUT2D eigenvalue weighted by atomic mass is 32.2. The standard InChI is InChI=1S/C19H19F2N3O2S/c1-11-5-4-6-14(12(11)2)22-19-24-23-15(10-27-19)13-7-8-16(26-18(20)21)17(9-13)25-3/h4-9,18H,10H2,1-3H3,(H,22,24). The van der Waals surface area contributed by atoms with Gasteiger partial charge in [-0.2, -0.15) is 13.9 Å². The number of hydrazone groups is 1. The fourth-order valence-corrected chi connectivity index (χ4v) is 3.31. The summed E-state index contributed by atoms with van der Waals surface area (Å²) < 4.78 is 34.5. The SMILES string of the molecule is COc1cc(C2=NNC(=Nc3cccc(C)c3C)SC2)ccc1OC(F)F. The van der Waals surface area contributed by atoms with Crippen LogP contribution >= 0.6 is 11.8 Å². The van der Waals surface area contributed by atoms with Crippen LogP contribution in [-0.4, -0.2) is 30.4 Å². The molecular formula is C19H19F2N3O2S. The smallest absolute Gasteiger partial charge is 0.387 e. The number of hydrogen-bond donors (Lipinski definition) is 1. The molecule has 8 heteroatoms. The first-order valence-corrected chi connectivity index (χ1v) is 9.20. The van der Waals surface area contributed by atoms with Gasteiger partial charge in [-0.15, -0.1) is 0 Å². The Kier molecular flexibility index (Phi) is 5.95. The first-order chi connectivity index (χ1) is 13.0. The van der Waals surface area contributed by atoms with Gasteiger partial charge >= 0.3 is 6.61 Å². The number of thioether (sulfide) groups is 1. The Labute approximate surface area is 160 Å². The van der Waals surface area contributed by atoms with E-state index < -0.39 is 6.61 Å². The summed E-state index contributed by atoms with van der Waals surface area (Å²) >= 11 is 1.52. The molecule has 0 spiro atoms. The molecule has 0 radical (unpaired) electrons. The van der Waals surface area contributed by atoms with E-state index in [2.05, 4.69) is 20.3 Å². The zero-order valence-electron chi connectivity index (χ0n) is 15.1. The van der Waals surface area contributed by atoms with Crippen LogP contribution in [0.25, 0.3) is 0 Å². The second-order valence-electron chi connectivity index (χ2n) is 5.84. The molecule has 0 aliphatic carbocycles. The second kappa shape index (κ2) is 8.39. The Balaban J connectivity index is 1.79. The number of ether oxygens (including phenoxy) is 2. The van der Waals surface area contributed by atoms with Crippen molar-refractivity contribution < 1.29 is 18.3 Å². The number of alkyl halides is 2. The predicted octanol–water partition coefficient (Wildman–Crippen LogP) is 4.64. The topological polar surface area (TPSA) is 55.2 Å². The minimum atomic E-state index is -2.90. The molecule has 1 aliphatic heterocycles. The summed E-state index contributed by atoms with van der Waals surface area (Å²) in [6.07, 6.45) is 0. The van der Waals surface area contributed by atoms with Gasteiger partial charge in [-0.1, -0.05) is 23.9 Å². The molecule has 3 rings (SSSR count). The Morgan fingerprint density at radius 1 is 1.19 bits per heavy atom. The maximum atomic E-state index is 12.4. The van der Waals surface area contributed by atoms with Gasteiger partial charge in [0.05, 0.1) is 18.5 Å². The summed E-state index contributed by atoms with van der Waals surface area (Å²) in [5.41, 5.74) is 7.69. The maximum absolute atomic E-state index is 12.4. The number of rotatable bonds is 5. The largest absolute Gasteiger partial charge is 0.493 e. The average Bonchev–Trinajstić information content (AvgIpc) is 2.66. The van der Waals surface area contributed by atoms with Crippen molar-refractivity contribution in [1.82, 2.24) is 5.43 Å². The lowest BCUT2D eigenvalue weighted by Gasteiger charge is -2.17.